The molecule has 2 saturated heterocycles. The number of carbonyl (C=O) groups is 1. The number of rotatable bonds is 7. The van der Waals surface area contributed by atoms with Crippen molar-refractivity contribution in [2.24, 2.45) is 0 Å². The van der Waals surface area contributed by atoms with E-state index in [0.717, 1.165) is 44.2 Å². The van der Waals surface area contributed by atoms with Crippen LogP contribution < -0.4 is 5.32 Å². The normalized spacial score (nSPS) is 18.7. The third-order valence-corrected chi connectivity index (χ3v) is 6.93. The standard InChI is InChI=1S/C26H33F3N4O/c27-26(28,29)22-8-5-20(6-9-22)24-10-7-21(19-31-24)25(34)30-13-4-14-32-17-11-23(12-18-32)33-15-2-1-3-16-33/h5-10,19,23H,1-4,11-18H2,(H,30,34). The van der Waals surface area contributed by atoms with Gasteiger partial charge in [0.2, 0.25) is 0 Å². The lowest BCUT2D eigenvalue weighted by atomic mass is 10.00. The van der Waals surface area contributed by atoms with E-state index in [1.54, 1.807) is 12.1 Å². The minimum absolute atomic E-state index is 0.185. The van der Waals surface area contributed by atoms with E-state index in [-0.39, 0.29) is 5.91 Å². The van der Waals surface area contributed by atoms with Crippen LogP contribution in [-0.4, -0.2) is 66.0 Å². The minimum Gasteiger partial charge on any atom is -0.352 e. The maximum atomic E-state index is 12.7. The van der Waals surface area contributed by atoms with Gasteiger partial charge in [0, 0.05) is 24.3 Å². The lowest BCUT2D eigenvalue weighted by Gasteiger charge is -2.40. The van der Waals surface area contributed by atoms with Gasteiger partial charge in [0.05, 0.1) is 16.8 Å². The van der Waals surface area contributed by atoms with E-state index >= 15 is 0 Å². The average molecular weight is 475 g/mol. The zero-order valence-electron chi connectivity index (χ0n) is 19.5. The van der Waals surface area contributed by atoms with Crippen molar-refractivity contribution < 1.29 is 18.0 Å². The third kappa shape index (κ3) is 6.57. The number of carbonyl (C=O) groups excluding carboxylic acids is 1. The Morgan fingerprint density at radius 2 is 1.68 bits per heavy atom. The van der Waals surface area contributed by atoms with Gasteiger partial charge in [0.15, 0.2) is 0 Å². The summed E-state index contributed by atoms with van der Waals surface area (Å²) in [6, 6.07) is 8.90. The van der Waals surface area contributed by atoms with Gasteiger partial charge in [-0.15, -0.1) is 0 Å². The number of hydrogen-bond acceptors (Lipinski definition) is 4. The van der Waals surface area contributed by atoms with Crippen molar-refractivity contribution in [3.05, 3.63) is 53.7 Å². The fraction of sp³-hybridized carbons (Fsp3) is 0.538. The van der Waals surface area contributed by atoms with Crippen molar-refractivity contribution in [3.8, 4) is 11.3 Å². The van der Waals surface area contributed by atoms with E-state index in [2.05, 4.69) is 20.1 Å². The van der Waals surface area contributed by atoms with E-state index in [1.807, 2.05) is 0 Å². The number of halogens is 3. The predicted octanol–water partition coefficient (Wildman–Crippen LogP) is 4.84. The van der Waals surface area contributed by atoms with Gasteiger partial charge in [-0.2, -0.15) is 13.2 Å². The molecule has 1 amide bonds. The van der Waals surface area contributed by atoms with Crippen molar-refractivity contribution in [1.29, 1.82) is 0 Å². The summed E-state index contributed by atoms with van der Waals surface area (Å²) in [5.74, 6) is -0.185. The second kappa shape index (κ2) is 11.3. The number of hydrogen-bond donors (Lipinski definition) is 1. The molecular weight excluding hydrogens is 441 g/mol. The summed E-state index contributed by atoms with van der Waals surface area (Å²) in [6.07, 6.45) is 4.54. The van der Waals surface area contributed by atoms with Gasteiger partial charge in [0.25, 0.3) is 5.91 Å². The number of amides is 1. The van der Waals surface area contributed by atoms with Crippen molar-refractivity contribution in [2.45, 2.75) is 50.7 Å². The van der Waals surface area contributed by atoms with Crippen LogP contribution in [0.3, 0.4) is 0 Å². The molecule has 5 nitrogen and oxygen atoms in total. The lowest BCUT2D eigenvalue weighted by molar-refractivity contribution is -0.137. The Morgan fingerprint density at radius 1 is 0.971 bits per heavy atom. The largest absolute Gasteiger partial charge is 0.416 e. The smallest absolute Gasteiger partial charge is 0.352 e. The van der Waals surface area contributed by atoms with Crippen LogP contribution in [-0.2, 0) is 6.18 Å². The number of pyridine rings is 1. The van der Waals surface area contributed by atoms with Crippen LogP contribution in [0.1, 0.15) is 54.4 Å². The molecule has 2 aromatic rings. The third-order valence-electron chi connectivity index (χ3n) is 6.93. The van der Waals surface area contributed by atoms with Crippen molar-refractivity contribution >= 4 is 5.91 Å². The number of likely N-dealkylation sites (tertiary alicyclic amines) is 2. The van der Waals surface area contributed by atoms with E-state index in [1.165, 1.54) is 63.5 Å². The van der Waals surface area contributed by atoms with E-state index in [4.69, 9.17) is 0 Å². The topological polar surface area (TPSA) is 48.5 Å². The van der Waals surface area contributed by atoms with Gasteiger partial charge in [-0.3, -0.25) is 9.78 Å². The molecule has 1 aromatic heterocycles. The summed E-state index contributed by atoms with van der Waals surface area (Å²) < 4.78 is 38.2. The molecule has 2 aliphatic rings. The first-order valence-corrected chi connectivity index (χ1v) is 12.3. The van der Waals surface area contributed by atoms with Gasteiger partial charge < -0.3 is 15.1 Å². The zero-order valence-corrected chi connectivity index (χ0v) is 19.5. The molecule has 184 valence electrons. The Kier molecular flexibility index (Phi) is 8.21. The van der Waals surface area contributed by atoms with Crippen LogP contribution in [0.2, 0.25) is 0 Å². The second-order valence-electron chi connectivity index (χ2n) is 9.29. The fourth-order valence-electron chi connectivity index (χ4n) is 4.93. The highest BCUT2D eigenvalue weighted by Gasteiger charge is 2.30. The highest BCUT2D eigenvalue weighted by atomic mass is 19.4. The SMILES string of the molecule is O=C(NCCCN1CCC(N2CCCCC2)CC1)c1ccc(-c2ccc(C(F)(F)F)cc2)nc1. The quantitative estimate of drug-likeness (QED) is 0.584. The Labute approximate surface area is 199 Å². The second-order valence-corrected chi connectivity index (χ2v) is 9.29. The molecule has 1 aromatic carbocycles. The first-order valence-electron chi connectivity index (χ1n) is 12.3. The van der Waals surface area contributed by atoms with Gasteiger partial charge in [-0.1, -0.05) is 18.6 Å². The molecule has 0 radical (unpaired) electrons. The van der Waals surface area contributed by atoms with Crippen LogP contribution in [0, 0.1) is 0 Å². The van der Waals surface area contributed by atoms with Crippen LogP contribution in [0.25, 0.3) is 11.3 Å². The first-order chi connectivity index (χ1) is 16.4. The molecule has 1 N–H and O–H groups in total. The predicted molar refractivity (Wildman–Crippen MR) is 127 cm³/mol. The molecule has 2 fully saturated rings. The van der Waals surface area contributed by atoms with E-state index in [0.29, 0.717) is 23.4 Å². The van der Waals surface area contributed by atoms with E-state index < -0.39 is 11.7 Å². The van der Waals surface area contributed by atoms with Crippen LogP contribution in [0.15, 0.2) is 42.6 Å². The van der Waals surface area contributed by atoms with Gasteiger partial charge >= 0.3 is 6.18 Å². The molecule has 4 rings (SSSR count). The molecule has 0 saturated carbocycles. The number of nitrogens with zero attached hydrogens (tertiary/aromatic N) is 3. The van der Waals surface area contributed by atoms with Gasteiger partial charge in [-0.25, -0.2) is 0 Å². The Morgan fingerprint density at radius 3 is 2.29 bits per heavy atom. The lowest BCUT2D eigenvalue weighted by Crippen LogP contribution is -2.47. The Balaban J connectivity index is 1.17. The maximum Gasteiger partial charge on any atom is 0.416 e. The molecule has 8 heteroatoms. The Hall–Kier alpha value is -2.45. The van der Waals surface area contributed by atoms with Crippen LogP contribution >= 0.6 is 0 Å². The molecule has 3 heterocycles. The first kappa shape index (κ1) is 24.7. The maximum absolute atomic E-state index is 12.7. The number of benzene rings is 1. The van der Waals surface area contributed by atoms with E-state index in [9.17, 15) is 18.0 Å². The summed E-state index contributed by atoms with van der Waals surface area (Å²) in [5, 5.41) is 2.94. The number of alkyl halides is 3. The van der Waals surface area contributed by atoms with Crippen molar-refractivity contribution in [2.75, 3.05) is 39.3 Å². The van der Waals surface area contributed by atoms with Crippen molar-refractivity contribution in [3.63, 3.8) is 0 Å². The Bertz CT molecular complexity index is 917. The molecule has 2 aliphatic heterocycles. The molecule has 0 aliphatic carbocycles. The molecular formula is C26H33F3N4O. The van der Waals surface area contributed by atoms with Crippen molar-refractivity contribution in [1.82, 2.24) is 20.1 Å². The van der Waals surface area contributed by atoms with Crippen LogP contribution in [0.4, 0.5) is 13.2 Å². The van der Waals surface area contributed by atoms with Gasteiger partial charge in [0.1, 0.15) is 0 Å². The van der Waals surface area contributed by atoms with Crippen LogP contribution in [0.5, 0.6) is 0 Å². The highest BCUT2D eigenvalue weighted by molar-refractivity contribution is 5.94. The molecule has 0 bridgehead atoms. The highest BCUT2D eigenvalue weighted by Crippen LogP contribution is 2.30. The zero-order chi connectivity index (χ0) is 24.0. The summed E-state index contributed by atoms with van der Waals surface area (Å²) in [7, 11) is 0. The number of aromatic nitrogens is 1. The molecule has 0 unspecified atom stereocenters. The molecule has 34 heavy (non-hydrogen) atoms. The average Bonchev–Trinajstić information content (AvgIpc) is 2.87. The minimum atomic E-state index is -4.36. The summed E-state index contributed by atoms with van der Waals surface area (Å²) >= 11 is 0. The fourth-order valence-corrected chi connectivity index (χ4v) is 4.93. The monoisotopic (exact) mass is 474 g/mol. The summed E-state index contributed by atoms with van der Waals surface area (Å²) in [4.78, 5) is 21.8. The van der Waals surface area contributed by atoms with Gasteiger partial charge in [-0.05, 0) is 89.1 Å². The number of piperidine rings is 2. The summed E-state index contributed by atoms with van der Waals surface area (Å²) in [6.45, 7) is 6.37. The summed E-state index contributed by atoms with van der Waals surface area (Å²) in [5.41, 5.74) is 0.846. The number of nitrogens with one attached hydrogen (secondary N) is 1. The molecule has 0 atom stereocenters. The molecule has 0 spiro atoms.